The molecular formula is C20H14Br2N2O3. The lowest BCUT2D eigenvalue weighted by Crippen LogP contribution is -2.20. The van der Waals surface area contributed by atoms with Crippen LogP contribution < -0.4 is 14.9 Å². The second-order valence-electron chi connectivity index (χ2n) is 5.95. The summed E-state index contributed by atoms with van der Waals surface area (Å²) in [5.74, 6) is 1.16. The number of rotatable bonds is 4. The molecule has 0 atom stereocenters. The summed E-state index contributed by atoms with van der Waals surface area (Å²) in [6.07, 6.45) is 1.82. The number of hydrazone groups is 1. The molecule has 7 heteroatoms. The zero-order valence-corrected chi connectivity index (χ0v) is 17.2. The maximum Gasteiger partial charge on any atom is 0.244 e. The van der Waals surface area contributed by atoms with Gasteiger partial charge in [0.1, 0.15) is 0 Å². The molecule has 0 bridgehead atoms. The van der Waals surface area contributed by atoms with Crippen molar-refractivity contribution in [3.8, 4) is 11.5 Å². The normalized spacial score (nSPS) is 12.7. The molecule has 1 heterocycles. The Morgan fingerprint density at radius 3 is 2.59 bits per heavy atom. The van der Waals surface area contributed by atoms with E-state index in [-0.39, 0.29) is 19.1 Å². The number of nitrogens with zero attached hydrogens (tertiary/aromatic N) is 1. The number of halogens is 2. The van der Waals surface area contributed by atoms with Crippen LogP contribution in [-0.4, -0.2) is 18.9 Å². The molecule has 0 saturated carbocycles. The Balaban J connectivity index is 1.47. The second-order valence-corrected chi connectivity index (χ2v) is 7.66. The summed E-state index contributed by atoms with van der Waals surface area (Å²) in [6.45, 7) is 0.209. The molecule has 1 amide bonds. The van der Waals surface area contributed by atoms with E-state index in [1.807, 2.05) is 48.5 Å². The highest BCUT2D eigenvalue weighted by molar-refractivity contribution is 9.11. The first-order chi connectivity index (χ1) is 13.1. The van der Waals surface area contributed by atoms with Crippen molar-refractivity contribution in [2.75, 3.05) is 6.79 Å². The lowest BCUT2D eigenvalue weighted by atomic mass is 10.0. The van der Waals surface area contributed by atoms with Gasteiger partial charge in [-0.1, -0.05) is 46.3 Å². The van der Waals surface area contributed by atoms with Crippen LogP contribution in [0, 0.1) is 0 Å². The van der Waals surface area contributed by atoms with E-state index in [1.54, 1.807) is 6.21 Å². The lowest BCUT2D eigenvalue weighted by molar-refractivity contribution is -0.120. The van der Waals surface area contributed by atoms with E-state index in [0.29, 0.717) is 11.5 Å². The highest BCUT2D eigenvalue weighted by Crippen LogP contribution is 2.36. The lowest BCUT2D eigenvalue weighted by Gasteiger charge is -2.07. The number of amides is 1. The largest absolute Gasteiger partial charge is 0.454 e. The summed E-state index contributed by atoms with van der Waals surface area (Å²) in [7, 11) is 0. The van der Waals surface area contributed by atoms with Crippen molar-refractivity contribution in [2.24, 2.45) is 5.10 Å². The Hall–Kier alpha value is -2.38. The van der Waals surface area contributed by atoms with E-state index >= 15 is 0 Å². The third-order valence-electron chi connectivity index (χ3n) is 4.20. The molecule has 3 aromatic carbocycles. The van der Waals surface area contributed by atoms with Crippen LogP contribution in [0.15, 0.2) is 62.6 Å². The first kappa shape index (κ1) is 18.0. The molecule has 0 spiro atoms. The SMILES string of the molecule is O=C(Cc1ccc(Br)c2ccccc12)N/N=C\c1cc2c(cc1Br)OCO2. The Kier molecular flexibility index (Phi) is 5.13. The molecule has 0 unspecified atom stereocenters. The van der Waals surface area contributed by atoms with Gasteiger partial charge in [0, 0.05) is 14.5 Å². The fraction of sp³-hybridized carbons (Fsp3) is 0.100. The van der Waals surface area contributed by atoms with Gasteiger partial charge in [-0.25, -0.2) is 5.43 Å². The molecule has 0 radical (unpaired) electrons. The van der Waals surface area contributed by atoms with Crippen LogP contribution in [0.4, 0.5) is 0 Å². The number of carbonyl (C=O) groups is 1. The van der Waals surface area contributed by atoms with Crippen LogP contribution in [0.2, 0.25) is 0 Å². The zero-order valence-electron chi connectivity index (χ0n) is 14.0. The molecule has 136 valence electrons. The minimum Gasteiger partial charge on any atom is -0.454 e. The van der Waals surface area contributed by atoms with Gasteiger partial charge >= 0.3 is 0 Å². The summed E-state index contributed by atoms with van der Waals surface area (Å²) < 4.78 is 12.5. The fourth-order valence-corrected chi connectivity index (χ4v) is 3.80. The van der Waals surface area contributed by atoms with Gasteiger partial charge in [0.2, 0.25) is 12.7 Å². The van der Waals surface area contributed by atoms with Crippen LogP contribution in [0.1, 0.15) is 11.1 Å². The molecule has 27 heavy (non-hydrogen) atoms. The predicted molar refractivity (Wildman–Crippen MR) is 111 cm³/mol. The summed E-state index contributed by atoms with van der Waals surface area (Å²) in [4.78, 5) is 12.3. The smallest absolute Gasteiger partial charge is 0.244 e. The summed E-state index contributed by atoms with van der Waals surface area (Å²) in [5, 5.41) is 6.19. The summed E-state index contributed by atoms with van der Waals surface area (Å²) in [6, 6.07) is 15.5. The average molecular weight is 490 g/mol. The predicted octanol–water partition coefficient (Wildman–Crippen LogP) is 4.79. The van der Waals surface area contributed by atoms with E-state index in [4.69, 9.17) is 9.47 Å². The molecule has 1 N–H and O–H groups in total. The number of benzene rings is 3. The van der Waals surface area contributed by atoms with Gasteiger partial charge in [0.15, 0.2) is 11.5 Å². The van der Waals surface area contributed by atoms with Crippen LogP contribution >= 0.6 is 31.9 Å². The van der Waals surface area contributed by atoms with Crippen molar-refractivity contribution in [3.63, 3.8) is 0 Å². The third-order valence-corrected chi connectivity index (χ3v) is 5.58. The molecule has 0 aliphatic carbocycles. The molecule has 5 nitrogen and oxygen atoms in total. The maximum atomic E-state index is 12.3. The third kappa shape index (κ3) is 3.84. The van der Waals surface area contributed by atoms with Crippen molar-refractivity contribution < 1.29 is 14.3 Å². The number of nitrogens with one attached hydrogen (secondary N) is 1. The van der Waals surface area contributed by atoms with Gasteiger partial charge in [-0.3, -0.25) is 4.79 Å². The minimum atomic E-state index is -0.185. The van der Waals surface area contributed by atoms with Crippen molar-refractivity contribution in [1.29, 1.82) is 0 Å². The van der Waals surface area contributed by atoms with Gasteiger partial charge in [-0.15, -0.1) is 0 Å². The molecular weight excluding hydrogens is 476 g/mol. The number of ether oxygens (including phenoxy) is 2. The number of carbonyl (C=O) groups excluding carboxylic acids is 1. The quantitative estimate of drug-likeness (QED) is 0.423. The van der Waals surface area contributed by atoms with Crippen molar-refractivity contribution >= 4 is 54.8 Å². The van der Waals surface area contributed by atoms with Gasteiger partial charge in [-0.05, 0) is 50.5 Å². The monoisotopic (exact) mass is 488 g/mol. The standard InChI is InChI=1S/C20H14Br2N2O3/c21-16-6-5-12(14-3-1-2-4-15(14)16)8-20(25)24-23-10-13-7-18-19(9-17(13)22)27-11-26-18/h1-7,9-10H,8,11H2,(H,24,25)/b23-10-. The highest BCUT2D eigenvalue weighted by Gasteiger charge is 2.15. The van der Waals surface area contributed by atoms with E-state index in [2.05, 4.69) is 42.4 Å². The van der Waals surface area contributed by atoms with Crippen molar-refractivity contribution in [1.82, 2.24) is 5.43 Å². The number of fused-ring (bicyclic) bond motifs is 2. The Morgan fingerprint density at radius 2 is 1.78 bits per heavy atom. The Bertz CT molecular complexity index is 1070. The number of hydrogen-bond acceptors (Lipinski definition) is 4. The molecule has 1 aliphatic heterocycles. The van der Waals surface area contributed by atoms with Crippen LogP contribution in [0.25, 0.3) is 10.8 Å². The van der Waals surface area contributed by atoms with Crippen molar-refractivity contribution in [3.05, 3.63) is 68.6 Å². The van der Waals surface area contributed by atoms with Crippen LogP contribution in [-0.2, 0) is 11.2 Å². The molecule has 1 aliphatic rings. The molecule has 0 saturated heterocycles. The van der Waals surface area contributed by atoms with Gasteiger partial charge in [0.25, 0.3) is 0 Å². The van der Waals surface area contributed by atoms with Gasteiger partial charge in [0.05, 0.1) is 12.6 Å². The first-order valence-electron chi connectivity index (χ1n) is 8.19. The molecule has 0 aromatic heterocycles. The van der Waals surface area contributed by atoms with E-state index < -0.39 is 0 Å². The first-order valence-corrected chi connectivity index (χ1v) is 9.77. The molecule has 0 fully saturated rings. The van der Waals surface area contributed by atoms with Crippen molar-refractivity contribution in [2.45, 2.75) is 6.42 Å². The van der Waals surface area contributed by atoms with E-state index in [9.17, 15) is 4.79 Å². The highest BCUT2D eigenvalue weighted by atomic mass is 79.9. The van der Waals surface area contributed by atoms with Crippen LogP contribution in [0.5, 0.6) is 11.5 Å². The minimum absolute atomic E-state index is 0.185. The fourth-order valence-electron chi connectivity index (χ4n) is 2.90. The summed E-state index contributed by atoms with van der Waals surface area (Å²) >= 11 is 7.01. The van der Waals surface area contributed by atoms with Crippen LogP contribution in [0.3, 0.4) is 0 Å². The number of hydrogen-bond donors (Lipinski definition) is 1. The van der Waals surface area contributed by atoms with Gasteiger partial charge < -0.3 is 9.47 Å². The Morgan fingerprint density at radius 1 is 1.04 bits per heavy atom. The topological polar surface area (TPSA) is 59.9 Å². The zero-order chi connectivity index (χ0) is 18.8. The molecule has 4 rings (SSSR count). The summed E-state index contributed by atoms with van der Waals surface area (Å²) in [5.41, 5.74) is 4.32. The van der Waals surface area contributed by atoms with E-state index in [0.717, 1.165) is 30.8 Å². The Labute approximate surface area is 172 Å². The maximum absolute atomic E-state index is 12.3. The second kappa shape index (κ2) is 7.70. The van der Waals surface area contributed by atoms with E-state index in [1.165, 1.54) is 0 Å². The molecule has 3 aromatic rings. The van der Waals surface area contributed by atoms with Gasteiger partial charge in [-0.2, -0.15) is 5.10 Å². The average Bonchev–Trinajstić information content (AvgIpc) is 3.11.